The fourth-order valence-corrected chi connectivity index (χ4v) is 3.74. The molecule has 0 saturated carbocycles. The molecule has 1 aromatic rings. The topological polar surface area (TPSA) is 38.8 Å². The summed E-state index contributed by atoms with van der Waals surface area (Å²) in [4.78, 5) is 14.0. The molecular weight excluding hydrogens is 310 g/mol. The van der Waals surface area contributed by atoms with Gasteiger partial charge in [0.1, 0.15) is 5.75 Å². The van der Waals surface area contributed by atoms with E-state index in [-0.39, 0.29) is 12.0 Å². The van der Waals surface area contributed by atoms with E-state index in [4.69, 9.17) is 9.47 Å². The molecule has 23 heavy (non-hydrogen) atoms. The summed E-state index contributed by atoms with van der Waals surface area (Å²) in [5.41, 5.74) is 1.19. The van der Waals surface area contributed by atoms with Crippen LogP contribution in [0.25, 0.3) is 0 Å². The summed E-state index contributed by atoms with van der Waals surface area (Å²) < 4.78 is 10.8. The van der Waals surface area contributed by atoms with Gasteiger partial charge in [0.05, 0.1) is 20.1 Å². The molecule has 0 aromatic heterocycles. The summed E-state index contributed by atoms with van der Waals surface area (Å²) in [5.74, 6) is 3.40. The van der Waals surface area contributed by atoms with Crippen LogP contribution in [0.15, 0.2) is 24.3 Å². The Bertz CT molecular complexity index is 507. The lowest BCUT2D eigenvalue weighted by Crippen LogP contribution is -2.43. The van der Waals surface area contributed by atoms with Crippen molar-refractivity contribution in [3.63, 3.8) is 0 Å². The summed E-state index contributed by atoms with van der Waals surface area (Å²) in [6.45, 7) is 6.83. The Morgan fingerprint density at radius 1 is 1.39 bits per heavy atom. The first-order valence-corrected chi connectivity index (χ1v) is 9.35. The van der Waals surface area contributed by atoms with E-state index < -0.39 is 0 Å². The van der Waals surface area contributed by atoms with E-state index in [9.17, 15) is 4.79 Å². The highest BCUT2D eigenvalue weighted by molar-refractivity contribution is 7.99. The third-order valence-corrected chi connectivity index (χ3v) is 4.99. The predicted molar refractivity (Wildman–Crippen MR) is 94.9 cm³/mol. The zero-order valence-corrected chi connectivity index (χ0v) is 15.1. The number of carbonyl (C=O) groups is 1. The van der Waals surface area contributed by atoms with Crippen LogP contribution in [0.3, 0.4) is 0 Å². The molecule has 1 atom stereocenters. The van der Waals surface area contributed by atoms with Crippen LogP contribution >= 0.6 is 11.8 Å². The minimum atomic E-state index is -0.133. The predicted octanol–water partition coefficient (Wildman–Crippen LogP) is 3.20. The molecule has 1 aliphatic heterocycles. The van der Waals surface area contributed by atoms with Crippen molar-refractivity contribution in [3.8, 4) is 5.75 Å². The Balaban J connectivity index is 2.05. The summed E-state index contributed by atoms with van der Waals surface area (Å²) in [6, 6.07) is 8.44. The second-order valence-electron chi connectivity index (χ2n) is 6.29. The normalized spacial score (nSPS) is 18.9. The molecule has 1 heterocycles. The molecule has 1 unspecified atom stereocenters. The largest absolute Gasteiger partial charge is 0.493 e. The Morgan fingerprint density at radius 2 is 2.17 bits per heavy atom. The third-order valence-electron chi connectivity index (χ3n) is 3.90. The van der Waals surface area contributed by atoms with Gasteiger partial charge in [-0.1, -0.05) is 32.0 Å². The first kappa shape index (κ1) is 18.1. The lowest BCUT2D eigenvalue weighted by molar-refractivity contribution is -0.141. The number of thioether (sulfide) groups is 1. The molecule has 0 amide bonds. The molecule has 5 heteroatoms. The fourth-order valence-electron chi connectivity index (χ4n) is 2.61. The Hall–Kier alpha value is -1.20. The van der Waals surface area contributed by atoms with Gasteiger partial charge in [0.25, 0.3) is 0 Å². The first-order valence-electron chi connectivity index (χ1n) is 8.19. The molecule has 2 rings (SSSR count). The zero-order chi connectivity index (χ0) is 16.7. The van der Waals surface area contributed by atoms with Crippen molar-refractivity contribution in [2.75, 3.05) is 31.8 Å². The van der Waals surface area contributed by atoms with Crippen LogP contribution in [0.5, 0.6) is 5.75 Å². The summed E-state index contributed by atoms with van der Waals surface area (Å²) >= 11 is 1.91. The van der Waals surface area contributed by atoms with Crippen molar-refractivity contribution in [1.29, 1.82) is 0 Å². The van der Waals surface area contributed by atoms with Gasteiger partial charge in [0.15, 0.2) is 0 Å². The summed E-state index contributed by atoms with van der Waals surface area (Å²) in [6.07, 6.45) is 0.457. The van der Waals surface area contributed by atoms with Crippen molar-refractivity contribution >= 4 is 17.7 Å². The number of hydrogen-bond donors (Lipinski definition) is 0. The van der Waals surface area contributed by atoms with Gasteiger partial charge in [-0.05, 0) is 12.0 Å². The maximum absolute atomic E-state index is 11.6. The monoisotopic (exact) mass is 337 g/mol. The van der Waals surface area contributed by atoms with Crippen molar-refractivity contribution < 1.29 is 14.3 Å². The average molecular weight is 337 g/mol. The van der Waals surface area contributed by atoms with Gasteiger partial charge < -0.3 is 9.47 Å². The highest BCUT2D eigenvalue weighted by Gasteiger charge is 2.26. The van der Waals surface area contributed by atoms with Crippen LogP contribution in [-0.4, -0.2) is 48.7 Å². The molecule has 1 aliphatic rings. The Labute approximate surface area is 143 Å². The second kappa shape index (κ2) is 9.18. The van der Waals surface area contributed by atoms with Gasteiger partial charge in [-0.3, -0.25) is 9.69 Å². The standard InChI is InChI=1S/C18H27NO3S/c1-14(2)12-22-17-7-5-4-6-15(17)11-19-8-9-23-13-16(19)10-18(20)21-3/h4-7,14,16H,8-13H2,1-3H3. The van der Waals surface area contributed by atoms with Gasteiger partial charge in [0, 0.05) is 36.2 Å². The summed E-state index contributed by atoms with van der Waals surface area (Å²) in [7, 11) is 1.46. The quantitative estimate of drug-likeness (QED) is 0.715. The molecule has 1 aromatic carbocycles. The molecule has 0 aliphatic carbocycles. The highest BCUT2D eigenvalue weighted by atomic mass is 32.2. The molecule has 0 spiro atoms. The third kappa shape index (κ3) is 5.74. The molecule has 1 fully saturated rings. The van der Waals surface area contributed by atoms with Crippen molar-refractivity contribution in [3.05, 3.63) is 29.8 Å². The molecule has 0 radical (unpaired) electrons. The van der Waals surface area contributed by atoms with E-state index in [1.807, 2.05) is 30.0 Å². The minimum absolute atomic E-state index is 0.133. The number of hydrogen-bond acceptors (Lipinski definition) is 5. The number of esters is 1. The van der Waals surface area contributed by atoms with Gasteiger partial charge in [-0.25, -0.2) is 0 Å². The van der Waals surface area contributed by atoms with E-state index in [0.29, 0.717) is 12.3 Å². The van der Waals surface area contributed by atoms with Crippen LogP contribution in [-0.2, 0) is 16.1 Å². The molecule has 1 saturated heterocycles. The Kier molecular flexibility index (Phi) is 7.24. The van der Waals surface area contributed by atoms with Crippen molar-refractivity contribution in [2.24, 2.45) is 5.92 Å². The van der Waals surface area contributed by atoms with Crippen molar-refractivity contribution in [1.82, 2.24) is 4.90 Å². The number of methoxy groups -OCH3 is 1. The number of para-hydroxylation sites is 1. The smallest absolute Gasteiger partial charge is 0.307 e. The van der Waals surface area contributed by atoms with Gasteiger partial charge in [0.2, 0.25) is 0 Å². The van der Waals surface area contributed by atoms with E-state index >= 15 is 0 Å². The highest BCUT2D eigenvalue weighted by Crippen LogP contribution is 2.26. The maximum Gasteiger partial charge on any atom is 0.307 e. The Morgan fingerprint density at radius 3 is 2.91 bits per heavy atom. The van der Waals surface area contributed by atoms with Crippen LogP contribution in [0, 0.1) is 5.92 Å². The van der Waals surface area contributed by atoms with Crippen LogP contribution in [0.1, 0.15) is 25.8 Å². The van der Waals surface area contributed by atoms with Crippen LogP contribution < -0.4 is 4.74 Å². The van der Waals surface area contributed by atoms with Gasteiger partial charge >= 0.3 is 5.97 Å². The second-order valence-corrected chi connectivity index (χ2v) is 7.44. The molecule has 128 valence electrons. The zero-order valence-electron chi connectivity index (χ0n) is 14.3. The lowest BCUT2D eigenvalue weighted by atomic mass is 10.1. The van der Waals surface area contributed by atoms with E-state index in [0.717, 1.165) is 37.0 Å². The minimum Gasteiger partial charge on any atom is -0.493 e. The van der Waals surface area contributed by atoms with E-state index in [1.165, 1.54) is 12.7 Å². The average Bonchev–Trinajstić information content (AvgIpc) is 2.55. The number of nitrogens with zero attached hydrogens (tertiary/aromatic N) is 1. The van der Waals surface area contributed by atoms with Crippen LogP contribution in [0.2, 0.25) is 0 Å². The van der Waals surface area contributed by atoms with Crippen LogP contribution in [0.4, 0.5) is 0 Å². The molecular formula is C18H27NO3S. The van der Waals surface area contributed by atoms with Gasteiger partial charge in [-0.15, -0.1) is 0 Å². The van der Waals surface area contributed by atoms with E-state index in [1.54, 1.807) is 0 Å². The summed E-state index contributed by atoms with van der Waals surface area (Å²) in [5, 5.41) is 0. The number of carbonyl (C=O) groups excluding carboxylic acids is 1. The molecule has 4 nitrogen and oxygen atoms in total. The number of rotatable bonds is 7. The van der Waals surface area contributed by atoms with E-state index in [2.05, 4.69) is 24.8 Å². The number of benzene rings is 1. The maximum atomic E-state index is 11.6. The van der Waals surface area contributed by atoms with Gasteiger partial charge in [-0.2, -0.15) is 11.8 Å². The number of ether oxygens (including phenoxy) is 2. The first-order chi connectivity index (χ1) is 11.1. The SMILES string of the molecule is COC(=O)CC1CSCCN1Cc1ccccc1OCC(C)C. The fraction of sp³-hybridized carbons (Fsp3) is 0.611. The van der Waals surface area contributed by atoms with Crippen molar-refractivity contribution in [2.45, 2.75) is 32.9 Å². The molecule has 0 bridgehead atoms. The lowest BCUT2D eigenvalue weighted by Gasteiger charge is -2.35. The molecule has 0 N–H and O–H groups in total.